The van der Waals surface area contributed by atoms with Crippen LogP contribution in [0.3, 0.4) is 0 Å². The van der Waals surface area contributed by atoms with Gasteiger partial charge in [-0.25, -0.2) is 0 Å². The van der Waals surface area contributed by atoms with Crippen LogP contribution < -0.4 is 0 Å². The quantitative estimate of drug-likeness (QED) is 0.618. The molecule has 3 nitrogen and oxygen atoms in total. The van der Waals surface area contributed by atoms with E-state index in [2.05, 4.69) is 23.6 Å². The predicted octanol–water partition coefficient (Wildman–Crippen LogP) is 1.77. The third-order valence-electron chi connectivity index (χ3n) is 3.43. The minimum atomic E-state index is 0.619. The van der Waals surface area contributed by atoms with Gasteiger partial charge >= 0.3 is 0 Å². The first-order valence-electron chi connectivity index (χ1n) is 6.71. The van der Waals surface area contributed by atoms with Gasteiger partial charge in [0.05, 0.1) is 6.54 Å². The fourth-order valence-electron chi connectivity index (χ4n) is 2.62. The maximum atomic E-state index is 10.4. The van der Waals surface area contributed by atoms with E-state index in [0.717, 1.165) is 25.4 Å². The average Bonchev–Trinajstić information content (AvgIpc) is 2.30. The van der Waals surface area contributed by atoms with Crippen molar-refractivity contribution in [1.29, 1.82) is 0 Å². The first-order chi connectivity index (χ1) is 7.81. The van der Waals surface area contributed by atoms with Gasteiger partial charge in [0.25, 0.3) is 0 Å². The second kappa shape index (κ2) is 7.80. The molecule has 1 aliphatic heterocycles. The van der Waals surface area contributed by atoms with Crippen molar-refractivity contribution in [3.8, 4) is 0 Å². The standard InChI is InChI=1S/C13H26N2O/c1-3-7-15(8-4-2)13-5-9-14(10-6-13)11-12-16/h12-13H,3-11H2,1-2H3. The lowest BCUT2D eigenvalue weighted by Gasteiger charge is -2.37. The van der Waals surface area contributed by atoms with E-state index >= 15 is 0 Å². The smallest absolute Gasteiger partial charge is 0.133 e. The fraction of sp³-hybridized carbons (Fsp3) is 0.923. The number of nitrogens with zero attached hydrogens (tertiary/aromatic N) is 2. The number of piperidine rings is 1. The zero-order chi connectivity index (χ0) is 11.8. The molecule has 0 aromatic rings. The lowest BCUT2D eigenvalue weighted by molar-refractivity contribution is -0.109. The van der Waals surface area contributed by atoms with Crippen molar-refractivity contribution in [1.82, 2.24) is 9.80 Å². The highest BCUT2D eigenvalue weighted by Gasteiger charge is 2.23. The van der Waals surface area contributed by atoms with Crippen LogP contribution in [-0.2, 0) is 4.79 Å². The molecule has 1 heterocycles. The van der Waals surface area contributed by atoms with Crippen molar-refractivity contribution in [3.05, 3.63) is 0 Å². The summed E-state index contributed by atoms with van der Waals surface area (Å²) < 4.78 is 0. The topological polar surface area (TPSA) is 23.6 Å². The maximum absolute atomic E-state index is 10.4. The van der Waals surface area contributed by atoms with Crippen molar-refractivity contribution in [2.24, 2.45) is 0 Å². The van der Waals surface area contributed by atoms with Crippen molar-refractivity contribution < 1.29 is 4.79 Å². The Morgan fingerprint density at radius 2 is 1.75 bits per heavy atom. The van der Waals surface area contributed by atoms with Gasteiger partial charge in [-0.05, 0) is 38.8 Å². The molecule has 1 saturated heterocycles. The number of carbonyl (C=O) groups is 1. The Balaban J connectivity index is 2.34. The molecule has 0 N–H and O–H groups in total. The van der Waals surface area contributed by atoms with Crippen molar-refractivity contribution in [2.45, 2.75) is 45.6 Å². The molecule has 1 rings (SSSR count). The second-order valence-electron chi connectivity index (χ2n) is 4.73. The summed E-state index contributed by atoms with van der Waals surface area (Å²) in [5.74, 6) is 0. The molecule has 0 bridgehead atoms. The van der Waals surface area contributed by atoms with Crippen LogP contribution in [0.25, 0.3) is 0 Å². The Hall–Kier alpha value is -0.410. The van der Waals surface area contributed by atoms with Crippen LogP contribution in [0.2, 0.25) is 0 Å². The van der Waals surface area contributed by atoms with Gasteiger partial charge in [0.15, 0.2) is 0 Å². The largest absolute Gasteiger partial charge is 0.302 e. The molecule has 0 unspecified atom stereocenters. The molecule has 0 aromatic heterocycles. The minimum Gasteiger partial charge on any atom is -0.302 e. The van der Waals surface area contributed by atoms with E-state index in [-0.39, 0.29) is 0 Å². The molecule has 0 amide bonds. The number of hydrogen-bond donors (Lipinski definition) is 0. The van der Waals surface area contributed by atoms with E-state index in [1.54, 1.807) is 0 Å². The molecular weight excluding hydrogens is 200 g/mol. The normalized spacial score (nSPS) is 19.2. The molecule has 0 atom stereocenters. The van der Waals surface area contributed by atoms with Gasteiger partial charge in [-0.15, -0.1) is 0 Å². The zero-order valence-corrected chi connectivity index (χ0v) is 10.8. The Morgan fingerprint density at radius 1 is 1.19 bits per heavy atom. The number of hydrogen-bond acceptors (Lipinski definition) is 3. The summed E-state index contributed by atoms with van der Waals surface area (Å²) in [6.07, 6.45) is 5.97. The molecule has 0 saturated carbocycles. The summed E-state index contributed by atoms with van der Waals surface area (Å²) in [5.41, 5.74) is 0. The van der Waals surface area contributed by atoms with Gasteiger partial charge in [0.1, 0.15) is 6.29 Å². The van der Waals surface area contributed by atoms with Crippen LogP contribution in [0.5, 0.6) is 0 Å². The SMILES string of the molecule is CCCN(CCC)C1CCN(CC=O)CC1. The first kappa shape index (κ1) is 13.7. The van der Waals surface area contributed by atoms with E-state index in [1.165, 1.54) is 38.8 Å². The highest BCUT2D eigenvalue weighted by molar-refractivity contribution is 5.51. The highest BCUT2D eigenvalue weighted by atomic mass is 16.1. The monoisotopic (exact) mass is 226 g/mol. The molecule has 0 aromatic carbocycles. The number of carbonyl (C=O) groups excluding carboxylic acids is 1. The summed E-state index contributed by atoms with van der Waals surface area (Å²) in [6.45, 7) is 9.77. The Kier molecular flexibility index (Phi) is 6.65. The summed E-state index contributed by atoms with van der Waals surface area (Å²) in [5, 5.41) is 0. The lowest BCUT2D eigenvalue weighted by Crippen LogP contribution is -2.45. The van der Waals surface area contributed by atoms with E-state index in [1.807, 2.05) is 0 Å². The Morgan fingerprint density at radius 3 is 2.19 bits per heavy atom. The van der Waals surface area contributed by atoms with Gasteiger partial charge in [0, 0.05) is 19.1 Å². The summed E-state index contributed by atoms with van der Waals surface area (Å²) in [6, 6.07) is 0.753. The highest BCUT2D eigenvalue weighted by Crippen LogP contribution is 2.16. The van der Waals surface area contributed by atoms with Crippen LogP contribution in [0.15, 0.2) is 0 Å². The Bertz CT molecular complexity index is 182. The number of likely N-dealkylation sites (tertiary alicyclic amines) is 1. The van der Waals surface area contributed by atoms with Gasteiger partial charge < -0.3 is 9.69 Å². The van der Waals surface area contributed by atoms with Crippen molar-refractivity contribution >= 4 is 6.29 Å². The molecule has 3 heteroatoms. The number of rotatable bonds is 7. The van der Waals surface area contributed by atoms with Crippen LogP contribution in [0, 0.1) is 0 Å². The van der Waals surface area contributed by atoms with Gasteiger partial charge in [0.2, 0.25) is 0 Å². The van der Waals surface area contributed by atoms with Crippen LogP contribution >= 0.6 is 0 Å². The molecule has 94 valence electrons. The third-order valence-corrected chi connectivity index (χ3v) is 3.43. The van der Waals surface area contributed by atoms with Gasteiger partial charge in [-0.1, -0.05) is 13.8 Å². The van der Waals surface area contributed by atoms with Crippen molar-refractivity contribution in [2.75, 3.05) is 32.7 Å². The molecule has 0 aliphatic carbocycles. The van der Waals surface area contributed by atoms with Gasteiger partial charge in [-0.2, -0.15) is 0 Å². The minimum absolute atomic E-state index is 0.619. The Labute approximate surface area is 99.8 Å². The van der Waals surface area contributed by atoms with Crippen LogP contribution in [-0.4, -0.2) is 54.9 Å². The summed E-state index contributed by atoms with van der Waals surface area (Å²) in [4.78, 5) is 15.3. The van der Waals surface area contributed by atoms with E-state index in [0.29, 0.717) is 6.54 Å². The molecule has 1 aliphatic rings. The molecule has 1 fully saturated rings. The van der Waals surface area contributed by atoms with E-state index in [4.69, 9.17) is 0 Å². The second-order valence-corrected chi connectivity index (χ2v) is 4.73. The molecular formula is C13H26N2O. The van der Waals surface area contributed by atoms with Crippen LogP contribution in [0.4, 0.5) is 0 Å². The molecule has 16 heavy (non-hydrogen) atoms. The zero-order valence-electron chi connectivity index (χ0n) is 10.8. The first-order valence-corrected chi connectivity index (χ1v) is 6.71. The van der Waals surface area contributed by atoms with Crippen molar-refractivity contribution in [3.63, 3.8) is 0 Å². The maximum Gasteiger partial charge on any atom is 0.133 e. The van der Waals surface area contributed by atoms with E-state index in [9.17, 15) is 4.79 Å². The fourth-order valence-corrected chi connectivity index (χ4v) is 2.62. The molecule has 0 spiro atoms. The van der Waals surface area contributed by atoms with E-state index < -0.39 is 0 Å². The summed E-state index contributed by atoms with van der Waals surface area (Å²) in [7, 11) is 0. The summed E-state index contributed by atoms with van der Waals surface area (Å²) >= 11 is 0. The third kappa shape index (κ3) is 4.22. The lowest BCUT2D eigenvalue weighted by atomic mass is 10.0. The van der Waals surface area contributed by atoms with Crippen LogP contribution in [0.1, 0.15) is 39.5 Å². The molecule has 0 radical (unpaired) electrons. The average molecular weight is 226 g/mol. The number of aldehydes is 1. The predicted molar refractivity (Wildman–Crippen MR) is 67.7 cm³/mol. The van der Waals surface area contributed by atoms with Gasteiger partial charge in [-0.3, -0.25) is 4.90 Å².